The number of hydrazone groups is 1. The topological polar surface area (TPSA) is 193 Å². The largest absolute Gasteiger partial charge is 1.00 e. The number of azo groups is 1. The van der Waals surface area contributed by atoms with Crippen molar-refractivity contribution in [3.8, 4) is 0 Å². The number of allylic oxidation sites excluding steroid dienone is 1. The van der Waals surface area contributed by atoms with Crippen molar-refractivity contribution in [3.05, 3.63) is 120 Å². The van der Waals surface area contributed by atoms with E-state index in [1.54, 1.807) is 48.5 Å². The van der Waals surface area contributed by atoms with Crippen molar-refractivity contribution in [3.63, 3.8) is 0 Å². The normalized spacial score (nSPS) is 13.5. The Bertz CT molecular complexity index is 2400. The molecule has 0 spiro atoms. The van der Waals surface area contributed by atoms with Crippen LogP contribution in [0, 0.1) is 6.92 Å². The van der Waals surface area contributed by atoms with Crippen LogP contribution in [0.25, 0.3) is 16.8 Å². The molecule has 0 atom stereocenters. The van der Waals surface area contributed by atoms with Gasteiger partial charge in [0.1, 0.15) is 25.9 Å². The number of carbonyl (C=O) groups excluding carboxylic acids is 1. The van der Waals surface area contributed by atoms with Crippen LogP contribution in [0.15, 0.2) is 128 Å². The van der Waals surface area contributed by atoms with Gasteiger partial charge in [0, 0.05) is 22.0 Å². The zero-order valence-corrected chi connectivity index (χ0v) is 32.0. The van der Waals surface area contributed by atoms with Crippen LogP contribution in [0.3, 0.4) is 0 Å². The second kappa shape index (κ2) is 15.6. The average Bonchev–Trinajstić information content (AvgIpc) is 3.04. The predicted octanol–water partition coefficient (Wildman–Crippen LogP) is 0.536. The molecular weight excluding hydrogens is 689 g/mol. The summed E-state index contributed by atoms with van der Waals surface area (Å²) in [4.78, 5) is 11.8. The van der Waals surface area contributed by atoms with Gasteiger partial charge in [-0.3, -0.25) is 10.2 Å². The molecule has 2 N–H and O–H groups in total. The first-order valence-corrected chi connectivity index (χ1v) is 16.7. The van der Waals surface area contributed by atoms with E-state index in [4.69, 9.17) is 0 Å². The molecule has 0 aromatic heterocycles. The Kier molecular flexibility index (Phi) is 12.2. The molecule has 0 saturated carbocycles. The van der Waals surface area contributed by atoms with Gasteiger partial charge >= 0.3 is 59.1 Å². The van der Waals surface area contributed by atoms with E-state index in [2.05, 4.69) is 26.1 Å². The molecule has 236 valence electrons. The fraction of sp³-hybridized carbons (Fsp3) is 0.0303. The second-order valence-corrected chi connectivity index (χ2v) is 13.2. The predicted molar refractivity (Wildman–Crippen MR) is 176 cm³/mol. The Hall–Kier alpha value is -3.54. The standard InChI is InChI=1S/C33H25N5O7S2.2Na/c1-20-6-9-22(10-7-20)34-30-14-11-23(19-32(30)47(43,44)45)35-36-28-15-16-29(27-5-3-2-4-26(27)28)37-38-33-25-13-12-24(46(40,41)42)18-21(25)8-17-31(33)39;;/h2-19,34,37H,1H3,(H,40,41,42)(H,43,44,45);;/q;2*+1/p-2/b36-35?,38-33-;;. The van der Waals surface area contributed by atoms with Gasteiger partial charge in [-0.1, -0.05) is 54.1 Å². The molecule has 1 aliphatic rings. The SMILES string of the molecule is Cc1ccc(Nc2ccc(N=Nc3ccc(N/N=C4\C(=O)C=Cc5cc(S(=O)(=O)[O-])ccc54)c4ccccc34)cc2S(=O)(=O)[O-])cc1.[Na+].[Na+]. The molecule has 5 aromatic rings. The Morgan fingerprint density at radius 3 is 2.08 bits per heavy atom. The van der Waals surface area contributed by atoms with E-state index in [-0.39, 0.29) is 76.2 Å². The van der Waals surface area contributed by atoms with Gasteiger partial charge in [0.05, 0.1) is 32.5 Å². The minimum absolute atomic E-state index is 0. The number of aryl methyl sites for hydroxylation is 1. The number of hydrogen-bond acceptors (Lipinski definition) is 12. The number of carbonyl (C=O) groups is 1. The Labute approximate surface area is 326 Å². The molecule has 16 heteroatoms. The maximum Gasteiger partial charge on any atom is 1.00 e. The van der Waals surface area contributed by atoms with Crippen LogP contribution in [0.2, 0.25) is 0 Å². The summed E-state index contributed by atoms with van der Waals surface area (Å²) in [6, 6.07) is 25.5. The zero-order valence-electron chi connectivity index (χ0n) is 26.4. The first-order valence-electron chi connectivity index (χ1n) is 13.9. The van der Waals surface area contributed by atoms with Gasteiger partial charge in [0.15, 0.2) is 0 Å². The number of hydrogen-bond donors (Lipinski definition) is 2. The maximum atomic E-state index is 12.7. The quantitative estimate of drug-likeness (QED) is 0.100. The van der Waals surface area contributed by atoms with Crippen molar-refractivity contribution >= 4 is 77.0 Å². The van der Waals surface area contributed by atoms with Crippen LogP contribution in [-0.4, -0.2) is 37.4 Å². The van der Waals surface area contributed by atoms with Crippen LogP contribution < -0.4 is 69.9 Å². The molecule has 0 amide bonds. The third-order valence-electron chi connectivity index (χ3n) is 7.24. The van der Waals surface area contributed by atoms with Crippen LogP contribution in [0.4, 0.5) is 28.4 Å². The Morgan fingerprint density at radius 2 is 1.39 bits per heavy atom. The molecule has 0 heterocycles. The number of nitrogens with zero attached hydrogens (tertiary/aromatic N) is 3. The molecule has 1 aliphatic carbocycles. The molecule has 0 bridgehead atoms. The van der Waals surface area contributed by atoms with Gasteiger partial charge in [-0.05, 0) is 73.2 Å². The van der Waals surface area contributed by atoms with E-state index in [0.29, 0.717) is 39.0 Å². The van der Waals surface area contributed by atoms with E-state index >= 15 is 0 Å². The molecule has 0 fully saturated rings. The van der Waals surface area contributed by atoms with Crippen molar-refractivity contribution in [2.75, 3.05) is 10.7 Å². The van der Waals surface area contributed by atoms with Crippen LogP contribution >= 0.6 is 0 Å². The monoisotopic (exact) mass is 711 g/mol. The third-order valence-corrected chi connectivity index (χ3v) is 8.95. The fourth-order valence-corrected chi connectivity index (χ4v) is 6.07. The number of anilines is 3. The van der Waals surface area contributed by atoms with Gasteiger partial charge < -0.3 is 14.4 Å². The summed E-state index contributed by atoms with van der Waals surface area (Å²) in [5.41, 5.74) is 6.46. The number of nitrogens with one attached hydrogen (secondary N) is 2. The molecular formula is C33H23N5Na2O7S2. The van der Waals surface area contributed by atoms with Crippen LogP contribution in [-0.2, 0) is 25.0 Å². The van der Waals surface area contributed by atoms with Gasteiger partial charge in [-0.15, -0.1) is 5.11 Å². The van der Waals surface area contributed by atoms with Gasteiger partial charge in [0.2, 0.25) is 5.78 Å². The number of ketones is 1. The van der Waals surface area contributed by atoms with Crippen molar-refractivity contribution in [2.24, 2.45) is 15.3 Å². The van der Waals surface area contributed by atoms with Gasteiger partial charge in [-0.25, -0.2) is 16.8 Å². The summed E-state index contributed by atoms with van der Waals surface area (Å²) < 4.78 is 70.7. The smallest absolute Gasteiger partial charge is 0.744 e. The van der Waals surface area contributed by atoms with Crippen LogP contribution in [0.5, 0.6) is 0 Å². The molecule has 6 rings (SSSR count). The minimum atomic E-state index is -4.86. The zero-order chi connectivity index (χ0) is 33.3. The van der Waals surface area contributed by atoms with Crippen molar-refractivity contribution in [1.29, 1.82) is 0 Å². The molecule has 49 heavy (non-hydrogen) atoms. The summed E-state index contributed by atoms with van der Waals surface area (Å²) >= 11 is 0. The Morgan fingerprint density at radius 1 is 0.694 bits per heavy atom. The van der Waals surface area contributed by atoms with Crippen molar-refractivity contribution < 1.29 is 89.9 Å². The molecule has 5 aromatic carbocycles. The van der Waals surface area contributed by atoms with E-state index in [9.17, 15) is 30.7 Å². The molecule has 0 radical (unpaired) electrons. The molecule has 0 saturated heterocycles. The second-order valence-electron chi connectivity index (χ2n) is 10.5. The van der Waals surface area contributed by atoms with E-state index < -0.39 is 35.8 Å². The maximum absolute atomic E-state index is 12.7. The number of benzene rings is 5. The summed E-state index contributed by atoms with van der Waals surface area (Å²) in [6.45, 7) is 1.92. The first-order chi connectivity index (χ1) is 22.4. The molecule has 0 unspecified atom stereocenters. The van der Waals surface area contributed by atoms with Gasteiger partial charge in [0.25, 0.3) is 0 Å². The Balaban J connectivity index is 0.00000270. The molecule has 12 nitrogen and oxygen atoms in total. The van der Waals surface area contributed by atoms with E-state index in [0.717, 1.165) is 17.7 Å². The first kappa shape index (κ1) is 38.3. The summed E-state index contributed by atoms with van der Waals surface area (Å²) in [5.74, 6) is -0.419. The summed E-state index contributed by atoms with van der Waals surface area (Å²) in [7, 11) is -9.54. The third kappa shape index (κ3) is 8.80. The van der Waals surface area contributed by atoms with E-state index in [1.165, 1.54) is 36.4 Å². The van der Waals surface area contributed by atoms with Crippen molar-refractivity contribution in [2.45, 2.75) is 16.7 Å². The average molecular weight is 712 g/mol. The van der Waals surface area contributed by atoms with E-state index in [1.807, 2.05) is 19.1 Å². The van der Waals surface area contributed by atoms with Gasteiger partial charge in [-0.2, -0.15) is 10.2 Å². The summed E-state index contributed by atoms with van der Waals surface area (Å²) in [6.07, 6.45) is 2.66. The fourth-order valence-electron chi connectivity index (χ4n) is 4.91. The van der Waals surface area contributed by atoms with Crippen LogP contribution in [0.1, 0.15) is 16.7 Å². The van der Waals surface area contributed by atoms with Crippen molar-refractivity contribution in [1.82, 2.24) is 0 Å². The minimum Gasteiger partial charge on any atom is -0.744 e. The summed E-state index contributed by atoms with van der Waals surface area (Å²) in [5, 5.41) is 17.1. The molecule has 0 aliphatic heterocycles. The number of rotatable bonds is 8. The number of fused-ring (bicyclic) bond motifs is 2.